The number of nitrogens with one attached hydrogen (secondary N) is 1. The summed E-state index contributed by atoms with van der Waals surface area (Å²) in [4.78, 5) is 4.04. The van der Waals surface area contributed by atoms with Gasteiger partial charge in [-0.05, 0) is 6.42 Å². The third kappa shape index (κ3) is 7.04. The van der Waals surface area contributed by atoms with Gasteiger partial charge < -0.3 is 15.8 Å². The summed E-state index contributed by atoms with van der Waals surface area (Å²) in [5, 5.41) is 2.92. The fourth-order valence-corrected chi connectivity index (χ4v) is 2.66. The summed E-state index contributed by atoms with van der Waals surface area (Å²) in [6.45, 7) is 3.34. The van der Waals surface area contributed by atoms with Gasteiger partial charge in [-0.1, -0.05) is 6.92 Å². The van der Waals surface area contributed by atoms with E-state index in [0.29, 0.717) is 12.5 Å². The van der Waals surface area contributed by atoms with Crippen molar-refractivity contribution in [3.05, 3.63) is 0 Å². The van der Waals surface area contributed by atoms with Crippen molar-refractivity contribution < 1.29 is 13.2 Å². The third-order valence-electron chi connectivity index (χ3n) is 2.21. The van der Waals surface area contributed by atoms with E-state index in [0.717, 1.165) is 13.0 Å². The summed E-state index contributed by atoms with van der Waals surface area (Å²) >= 11 is 0. The largest absolute Gasteiger partial charge is 0.374 e. The first-order valence-electron chi connectivity index (χ1n) is 5.39. The highest BCUT2D eigenvalue weighted by Gasteiger charge is 2.24. The third-order valence-corrected chi connectivity index (χ3v) is 3.88. The number of guanidine groups is 1. The van der Waals surface area contributed by atoms with Crippen molar-refractivity contribution in [2.24, 2.45) is 10.7 Å². The number of rotatable bonds is 4. The van der Waals surface area contributed by atoms with Gasteiger partial charge in [-0.25, -0.2) is 8.42 Å². The molecule has 0 spiro atoms. The predicted octanol–water partition coefficient (Wildman–Crippen LogP) is -0.268. The van der Waals surface area contributed by atoms with Crippen LogP contribution in [-0.4, -0.2) is 51.7 Å². The Hall–Kier alpha value is -0.0900. The zero-order chi connectivity index (χ0) is 12.0. The SMILES string of the molecule is CCCNC(N)=NCC1CS(=O)(=O)CCO1.I. The molecule has 0 aromatic rings. The van der Waals surface area contributed by atoms with E-state index in [9.17, 15) is 8.42 Å². The van der Waals surface area contributed by atoms with E-state index < -0.39 is 9.84 Å². The lowest BCUT2D eigenvalue weighted by atomic mass is 10.4. The molecule has 17 heavy (non-hydrogen) atoms. The minimum absolute atomic E-state index is 0. The number of nitrogens with zero attached hydrogens (tertiary/aromatic N) is 1. The lowest BCUT2D eigenvalue weighted by Gasteiger charge is -2.21. The number of hydrogen-bond donors (Lipinski definition) is 2. The van der Waals surface area contributed by atoms with Crippen LogP contribution >= 0.6 is 24.0 Å². The zero-order valence-electron chi connectivity index (χ0n) is 9.89. The molecule has 1 unspecified atom stereocenters. The van der Waals surface area contributed by atoms with E-state index >= 15 is 0 Å². The summed E-state index contributed by atoms with van der Waals surface area (Å²) in [5.41, 5.74) is 5.58. The highest BCUT2D eigenvalue weighted by Crippen LogP contribution is 2.07. The van der Waals surface area contributed by atoms with E-state index in [1.165, 1.54) is 0 Å². The Kier molecular flexibility index (Phi) is 8.05. The summed E-state index contributed by atoms with van der Waals surface area (Å²) in [5.74, 6) is 0.488. The van der Waals surface area contributed by atoms with Crippen molar-refractivity contribution in [2.45, 2.75) is 19.4 Å². The summed E-state index contributed by atoms with van der Waals surface area (Å²) < 4.78 is 27.9. The molecule has 6 nitrogen and oxygen atoms in total. The molecule has 1 rings (SSSR count). The quantitative estimate of drug-likeness (QED) is 0.400. The molecule has 102 valence electrons. The first kappa shape index (κ1) is 16.9. The Bertz CT molecular complexity index is 345. The van der Waals surface area contributed by atoms with Gasteiger partial charge in [-0.2, -0.15) is 0 Å². The topological polar surface area (TPSA) is 93.8 Å². The number of hydrogen-bond acceptors (Lipinski definition) is 4. The number of sulfone groups is 1. The Morgan fingerprint density at radius 1 is 1.59 bits per heavy atom. The normalized spacial score (nSPS) is 23.8. The first-order chi connectivity index (χ1) is 7.53. The van der Waals surface area contributed by atoms with Gasteiger partial charge in [0.25, 0.3) is 0 Å². The highest BCUT2D eigenvalue weighted by atomic mass is 127. The van der Waals surface area contributed by atoms with Gasteiger partial charge in [-0.3, -0.25) is 4.99 Å². The zero-order valence-corrected chi connectivity index (χ0v) is 13.0. The van der Waals surface area contributed by atoms with Gasteiger partial charge in [0.15, 0.2) is 15.8 Å². The van der Waals surface area contributed by atoms with E-state index in [1.54, 1.807) is 0 Å². The highest BCUT2D eigenvalue weighted by molar-refractivity contribution is 14.0. The molecule has 0 aromatic heterocycles. The minimum atomic E-state index is -2.95. The molecule has 1 heterocycles. The average Bonchev–Trinajstić information content (AvgIpc) is 2.22. The molecule has 1 aliphatic heterocycles. The maximum atomic E-state index is 11.3. The molecule has 1 atom stereocenters. The van der Waals surface area contributed by atoms with E-state index in [4.69, 9.17) is 10.5 Å². The van der Waals surface area contributed by atoms with Gasteiger partial charge in [0.2, 0.25) is 0 Å². The van der Waals surface area contributed by atoms with Crippen molar-refractivity contribution in [2.75, 3.05) is 31.2 Å². The Balaban J connectivity index is 0.00000256. The lowest BCUT2D eigenvalue weighted by molar-refractivity contribution is 0.0783. The maximum absolute atomic E-state index is 11.3. The van der Waals surface area contributed by atoms with Crippen LogP contribution in [0, 0.1) is 0 Å². The van der Waals surface area contributed by atoms with Crippen molar-refractivity contribution >= 4 is 39.8 Å². The molecule has 8 heteroatoms. The van der Waals surface area contributed by atoms with Gasteiger partial charge in [-0.15, -0.1) is 24.0 Å². The van der Waals surface area contributed by atoms with Crippen LogP contribution in [-0.2, 0) is 14.6 Å². The smallest absolute Gasteiger partial charge is 0.188 e. The molecule has 1 fully saturated rings. The monoisotopic (exact) mass is 377 g/mol. The summed E-state index contributed by atoms with van der Waals surface area (Å²) in [6.07, 6.45) is 0.602. The van der Waals surface area contributed by atoms with Crippen LogP contribution in [0.5, 0.6) is 0 Å². The van der Waals surface area contributed by atoms with Gasteiger partial charge in [0.05, 0.1) is 30.8 Å². The minimum Gasteiger partial charge on any atom is -0.374 e. The molecule has 0 bridgehead atoms. The molecule has 0 aromatic carbocycles. The van der Waals surface area contributed by atoms with Gasteiger partial charge in [0, 0.05) is 6.54 Å². The second-order valence-electron chi connectivity index (χ2n) is 3.76. The number of halogens is 1. The maximum Gasteiger partial charge on any atom is 0.188 e. The molecule has 1 saturated heterocycles. The molecule has 0 saturated carbocycles. The lowest BCUT2D eigenvalue weighted by Crippen LogP contribution is -2.38. The van der Waals surface area contributed by atoms with Crippen LogP contribution < -0.4 is 11.1 Å². The average molecular weight is 377 g/mol. The Morgan fingerprint density at radius 3 is 2.88 bits per heavy atom. The van der Waals surface area contributed by atoms with Gasteiger partial charge in [0.1, 0.15) is 0 Å². The van der Waals surface area contributed by atoms with Crippen molar-refractivity contribution in [1.82, 2.24) is 5.32 Å². The van der Waals surface area contributed by atoms with Crippen LogP contribution in [0.3, 0.4) is 0 Å². The van der Waals surface area contributed by atoms with Crippen LogP contribution in [0.1, 0.15) is 13.3 Å². The first-order valence-corrected chi connectivity index (χ1v) is 7.21. The number of nitrogens with two attached hydrogens (primary N) is 1. The fraction of sp³-hybridized carbons (Fsp3) is 0.889. The second kappa shape index (κ2) is 8.09. The fourth-order valence-electron chi connectivity index (χ4n) is 1.37. The standard InChI is InChI=1S/C9H19N3O3S.HI/c1-2-3-11-9(10)12-6-8-7-16(13,14)5-4-15-8;/h8H,2-7H2,1H3,(H3,10,11,12);1H. The van der Waals surface area contributed by atoms with Crippen molar-refractivity contribution in [3.8, 4) is 0 Å². The Morgan fingerprint density at radius 2 is 2.29 bits per heavy atom. The van der Waals surface area contributed by atoms with Gasteiger partial charge >= 0.3 is 0 Å². The molecular weight excluding hydrogens is 357 g/mol. The van der Waals surface area contributed by atoms with Crippen LogP contribution in [0.25, 0.3) is 0 Å². The van der Waals surface area contributed by atoms with Crippen molar-refractivity contribution in [3.63, 3.8) is 0 Å². The molecular formula is C9H20IN3O3S. The molecule has 1 aliphatic rings. The van der Waals surface area contributed by atoms with Crippen LogP contribution in [0.4, 0.5) is 0 Å². The second-order valence-corrected chi connectivity index (χ2v) is 5.99. The van der Waals surface area contributed by atoms with Crippen molar-refractivity contribution in [1.29, 1.82) is 0 Å². The molecule has 0 radical (unpaired) electrons. The summed E-state index contributed by atoms with van der Waals surface area (Å²) in [7, 11) is -2.95. The number of aliphatic imine (C=N–C) groups is 1. The summed E-state index contributed by atoms with van der Waals surface area (Å²) in [6, 6.07) is 0. The van der Waals surface area contributed by atoms with E-state index in [1.807, 2.05) is 6.92 Å². The number of ether oxygens (including phenoxy) is 1. The van der Waals surface area contributed by atoms with Crippen LogP contribution in [0.2, 0.25) is 0 Å². The molecule has 0 aliphatic carbocycles. The molecule has 3 N–H and O–H groups in total. The molecule has 0 amide bonds. The van der Waals surface area contributed by atoms with Crippen LogP contribution in [0.15, 0.2) is 4.99 Å². The van der Waals surface area contributed by atoms with E-state index in [-0.39, 0.29) is 48.2 Å². The predicted molar refractivity (Wildman–Crippen MR) is 78.6 cm³/mol. The Labute approximate surface area is 119 Å². The van der Waals surface area contributed by atoms with E-state index in [2.05, 4.69) is 10.3 Å².